The SMILES string of the molecule is COC1CN(C(=O)OC(C)(C)C)CC(C(=O)N(Cc2cccc(Cl)c2Cl)C2CC2)=C1c1cccc(-c2ccccc2)c1. The molecule has 3 aromatic carbocycles. The summed E-state index contributed by atoms with van der Waals surface area (Å²) in [6.07, 6.45) is 0.786. The van der Waals surface area contributed by atoms with Gasteiger partial charge in [0.15, 0.2) is 0 Å². The van der Waals surface area contributed by atoms with Gasteiger partial charge in [-0.25, -0.2) is 4.79 Å². The molecule has 3 aromatic rings. The number of nitrogens with zero attached hydrogens (tertiary/aromatic N) is 2. The topological polar surface area (TPSA) is 59.1 Å². The number of benzene rings is 3. The third kappa shape index (κ3) is 6.83. The largest absolute Gasteiger partial charge is 0.444 e. The molecule has 2 aliphatic rings. The minimum Gasteiger partial charge on any atom is -0.444 e. The molecule has 220 valence electrons. The molecule has 1 fully saturated rings. The minimum atomic E-state index is -0.679. The highest BCUT2D eigenvalue weighted by Crippen LogP contribution is 2.37. The summed E-state index contributed by atoms with van der Waals surface area (Å²) in [4.78, 5) is 31.3. The average Bonchev–Trinajstić information content (AvgIpc) is 3.82. The van der Waals surface area contributed by atoms with E-state index in [1.54, 1.807) is 18.1 Å². The van der Waals surface area contributed by atoms with Gasteiger partial charge in [0.1, 0.15) is 11.7 Å². The molecule has 0 radical (unpaired) electrons. The summed E-state index contributed by atoms with van der Waals surface area (Å²) in [5, 5.41) is 0.888. The van der Waals surface area contributed by atoms with Gasteiger partial charge in [0.05, 0.1) is 23.1 Å². The molecule has 1 aliphatic carbocycles. The highest BCUT2D eigenvalue weighted by Gasteiger charge is 2.40. The number of methoxy groups -OCH3 is 1. The Balaban J connectivity index is 1.60. The molecule has 1 aliphatic heterocycles. The Morgan fingerprint density at radius 1 is 0.929 bits per heavy atom. The fraction of sp³-hybridized carbons (Fsp3) is 0.353. The normalized spacial score (nSPS) is 17.3. The van der Waals surface area contributed by atoms with Crippen LogP contribution in [0.1, 0.15) is 44.7 Å². The lowest BCUT2D eigenvalue weighted by Gasteiger charge is -2.38. The van der Waals surface area contributed by atoms with Gasteiger partial charge in [-0.15, -0.1) is 0 Å². The highest BCUT2D eigenvalue weighted by molar-refractivity contribution is 6.42. The van der Waals surface area contributed by atoms with Gasteiger partial charge < -0.3 is 19.3 Å². The van der Waals surface area contributed by atoms with Crippen LogP contribution in [0.3, 0.4) is 0 Å². The lowest BCUT2D eigenvalue weighted by atomic mass is 9.88. The fourth-order valence-corrected chi connectivity index (χ4v) is 5.68. The van der Waals surface area contributed by atoms with E-state index in [4.69, 9.17) is 32.7 Å². The van der Waals surface area contributed by atoms with Crippen molar-refractivity contribution in [1.29, 1.82) is 0 Å². The Hall–Kier alpha value is -3.32. The molecule has 1 unspecified atom stereocenters. The minimum absolute atomic E-state index is 0.0786. The number of hydrogen-bond donors (Lipinski definition) is 0. The first-order valence-corrected chi connectivity index (χ1v) is 14.9. The van der Waals surface area contributed by atoms with E-state index in [9.17, 15) is 9.59 Å². The third-order valence-electron chi connectivity index (χ3n) is 7.48. The molecule has 1 saturated carbocycles. The van der Waals surface area contributed by atoms with E-state index in [0.717, 1.165) is 40.7 Å². The molecule has 0 bridgehead atoms. The van der Waals surface area contributed by atoms with Crippen molar-refractivity contribution in [3.63, 3.8) is 0 Å². The first-order chi connectivity index (χ1) is 20.1. The summed E-state index contributed by atoms with van der Waals surface area (Å²) in [6, 6.07) is 23.8. The fourth-order valence-electron chi connectivity index (χ4n) is 5.30. The Labute approximate surface area is 257 Å². The van der Waals surface area contributed by atoms with Crippen LogP contribution < -0.4 is 0 Å². The van der Waals surface area contributed by atoms with Crippen LogP contribution in [0.4, 0.5) is 4.79 Å². The van der Waals surface area contributed by atoms with Gasteiger partial charge in [0.25, 0.3) is 5.91 Å². The molecular weight excluding hydrogens is 571 g/mol. The van der Waals surface area contributed by atoms with Crippen molar-refractivity contribution in [2.75, 3.05) is 20.2 Å². The average molecular weight is 608 g/mol. The maximum atomic E-state index is 14.6. The van der Waals surface area contributed by atoms with E-state index in [0.29, 0.717) is 22.2 Å². The lowest BCUT2D eigenvalue weighted by Crippen LogP contribution is -2.49. The smallest absolute Gasteiger partial charge is 0.410 e. The lowest BCUT2D eigenvalue weighted by molar-refractivity contribution is -0.128. The molecule has 0 saturated heterocycles. The van der Waals surface area contributed by atoms with Crippen molar-refractivity contribution >= 4 is 40.8 Å². The molecule has 1 heterocycles. The second kappa shape index (κ2) is 12.5. The summed E-state index contributed by atoms with van der Waals surface area (Å²) in [5.41, 5.74) is 4.37. The molecule has 2 amide bonds. The Kier molecular flexibility index (Phi) is 8.97. The van der Waals surface area contributed by atoms with Crippen molar-refractivity contribution in [2.24, 2.45) is 0 Å². The predicted octanol–water partition coefficient (Wildman–Crippen LogP) is 7.87. The van der Waals surface area contributed by atoms with E-state index in [-0.39, 0.29) is 25.0 Å². The molecule has 5 rings (SSSR count). The Bertz CT molecular complexity index is 1490. The van der Waals surface area contributed by atoms with Crippen LogP contribution in [0.2, 0.25) is 10.0 Å². The molecule has 6 nitrogen and oxygen atoms in total. The first-order valence-electron chi connectivity index (χ1n) is 14.2. The molecule has 8 heteroatoms. The van der Waals surface area contributed by atoms with E-state index < -0.39 is 17.8 Å². The van der Waals surface area contributed by atoms with Crippen LogP contribution in [0.15, 0.2) is 78.4 Å². The van der Waals surface area contributed by atoms with Crippen molar-refractivity contribution in [3.05, 3.63) is 99.5 Å². The quantitative estimate of drug-likeness (QED) is 0.274. The van der Waals surface area contributed by atoms with E-state index in [1.807, 2.05) is 68.1 Å². The summed E-state index contributed by atoms with van der Waals surface area (Å²) in [6.45, 7) is 6.16. The number of halogens is 2. The zero-order valence-electron chi connectivity index (χ0n) is 24.4. The van der Waals surface area contributed by atoms with Crippen LogP contribution in [-0.2, 0) is 20.8 Å². The molecular formula is C34H36Cl2N2O4. The monoisotopic (exact) mass is 606 g/mol. The maximum absolute atomic E-state index is 14.6. The number of carbonyl (C=O) groups excluding carboxylic acids is 2. The van der Waals surface area contributed by atoms with Crippen molar-refractivity contribution < 1.29 is 19.1 Å². The van der Waals surface area contributed by atoms with Gasteiger partial charge in [-0.05, 0) is 68.0 Å². The summed E-state index contributed by atoms with van der Waals surface area (Å²) in [5.74, 6) is -0.149. The highest BCUT2D eigenvalue weighted by atomic mass is 35.5. The van der Waals surface area contributed by atoms with Gasteiger partial charge >= 0.3 is 6.09 Å². The molecule has 1 atom stereocenters. The zero-order chi connectivity index (χ0) is 30.0. The molecule has 42 heavy (non-hydrogen) atoms. The van der Waals surface area contributed by atoms with Crippen molar-refractivity contribution in [3.8, 4) is 11.1 Å². The van der Waals surface area contributed by atoms with Gasteiger partial charge in [-0.1, -0.05) is 83.9 Å². The second-order valence-corrected chi connectivity index (χ2v) is 12.6. The second-order valence-electron chi connectivity index (χ2n) is 11.8. The van der Waals surface area contributed by atoms with E-state index in [1.165, 1.54) is 0 Å². The van der Waals surface area contributed by atoms with Gasteiger partial charge in [-0.2, -0.15) is 0 Å². The van der Waals surface area contributed by atoms with Crippen LogP contribution in [-0.4, -0.2) is 59.7 Å². The Morgan fingerprint density at radius 3 is 2.26 bits per heavy atom. The van der Waals surface area contributed by atoms with Crippen LogP contribution in [0.25, 0.3) is 16.7 Å². The van der Waals surface area contributed by atoms with Crippen LogP contribution in [0, 0.1) is 0 Å². The van der Waals surface area contributed by atoms with Crippen LogP contribution in [0.5, 0.6) is 0 Å². The third-order valence-corrected chi connectivity index (χ3v) is 8.34. The number of hydrogen-bond acceptors (Lipinski definition) is 4. The first kappa shape index (κ1) is 30.1. The standard InChI is InChI=1S/C34H36Cl2N2O4/c1-34(2,3)42-33(40)37-20-27(32(39)38(26-16-17-26)19-25-14-9-15-28(35)31(25)36)30(29(21-37)41-4)24-13-8-12-23(18-24)22-10-6-5-7-11-22/h5-15,18,26,29H,16-17,19-21H2,1-4H3. The van der Waals surface area contributed by atoms with Gasteiger partial charge in [-0.3, -0.25) is 4.79 Å². The molecule has 0 aromatic heterocycles. The van der Waals surface area contributed by atoms with Crippen molar-refractivity contribution in [2.45, 2.75) is 57.9 Å². The number of amides is 2. The van der Waals surface area contributed by atoms with Crippen molar-refractivity contribution in [1.82, 2.24) is 9.80 Å². The summed E-state index contributed by atoms with van der Waals surface area (Å²) < 4.78 is 11.7. The maximum Gasteiger partial charge on any atom is 0.410 e. The summed E-state index contributed by atoms with van der Waals surface area (Å²) >= 11 is 12.9. The Morgan fingerprint density at radius 2 is 1.60 bits per heavy atom. The van der Waals surface area contributed by atoms with E-state index in [2.05, 4.69) is 24.3 Å². The molecule has 0 N–H and O–H groups in total. The number of ether oxygens (including phenoxy) is 2. The summed E-state index contributed by atoms with van der Waals surface area (Å²) in [7, 11) is 1.61. The molecule has 0 spiro atoms. The van der Waals surface area contributed by atoms with Gasteiger partial charge in [0, 0.05) is 30.8 Å². The number of carbonyl (C=O) groups is 2. The predicted molar refractivity (Wildman–Crippen MR) is 167 cm³/mol. The number of rotatable bonds is 7. The zero-order valence-corrected chi connectivity index (χ0v) is 25.9. The van der Waals surface area contributed by atoms with E-state index >= 15 is 0 Å². The van der Waals surface area contributed by atoms with Gasteiger partial charge in [0.2, 0.25) is 0 Å². The van der Waals surface area contributed by atoms with Crippen LogP contribution >= 0.6 is 23.2 Å².